The Morgan fingerprint density at radius 1 is 1.33 bits per heavy atom. The quantitative estimate of drug-likeness (QED) is 0.544. The van der Waals surface area contributed by atoms with Crippen molar-refractivity contribution in [2.24, 2.45) is 4.99 Å². The number of hydrogen-bond acceptors (Lipinski definition) is 2. The Bertz CT molecular complexity index is 377. The summed E-state index contributed by atoms with van der Waals surface area (Å²) in [7, 11) is 1.64. The molecule has 0 atom stereocenters. The zero-order valence-electron chi connectivity index (χ0n) is 9.10. The van der Waals surface area contributed by atoms with Crippen LogP contribution in [0.25, 0.3) is 5.57 Å². The predicted molar refractivity (Wildman–Crippen MR) is 64.1 cm³/mol. The van der Waals surface area contributed by atoms with Gasteiger partial charge in [0.25, 0.3) is 0 Å². The minimum atomic E-state index is 0.503. The van der Waals surface area contributed by atoms with Gasteiger partial charge in [-0.1, -0.05) is 43.3 Å². The number of carbonyl (C=O) groups excluding carboxylic acids is 1. The molecule has 78 valence electrons. The third kappa shape index (κ3) is 2.88. The van der Waals surface area contributed by atoms with E-state index in [2.05, 4.69) is 4.99 Å². The molecule has 0 amide bonds. The van der Waals surface area contributed by atoms with Gasteiger partial charge in [0, 0.05) is 12.6 Å². The van der Waals surface area contributed by atoms with Gasteiger partial charge in [-0.05, 0) is 12.0 Å². The van der Waals surface area contributed by atoms with Gasteiger partial charge in [0.15, 0.2) is 6.29 Å². The Kier molecular flexibility index (Phi) is 4.48. The summed E-state index contributed by atoms with van der Waals surface area (Å²) >= 11 is 0. The van der Waals surface area contributed by atoms with Crippen molar-refractivity contribution < 1.29 is 4.79 Å². The highest BCUT2D eigenvalue weighted by Crippen LogP contribution is 2.15. The summed E-state index contributed by atoms with van der Waals surface area (Å²) in [4.78, 5) is 14.8. The van der Waals surface area contributed by atoms with Crippen molar-refractivity contribution in [3.05, 3.63) is 42.0 Å². The summed E-state index contributed by atoms with van der Waals surface area (Å²) in [5.41, 5.74) is 2.45. The molecule has 0 aromatic heterocycles. The molecule has 0 fully saturated rings. The molecule has 0 unspecified atom stereocenters. The van der Waals surface area contributed by atoms with E-state index < -0.39 is 0 Å². The van der Waals surface area contributed by atoms with Crippen LogP contribution in [0.1, 0.15) is 18.9 Å². The first kappa shape index (κ1) is 11.4. The highest BCUT2D eigenvalue weighted by molar-refractivity contribution is 6.48. The Labute approximate surface area is 90.4 Å². The van der Waals surface area contributed by atoms with Crippen LogP contribution in [0.15, 0.2) is 41.4 Å². The third-order valence-electron chi connectivity index (χ3n) is 2.12. The van der Waals surface area contributed by atoms with E-state index in [1.165, 1.54) is 0 Å². The van der Waals surface area contributed by atoms with Crippen LogP contribution in [0.3, 0.4) is 0 Å². The predicted octanol–water partition coefficient (Wildman–Crippen LogP) is 2.75. The lowest BCUT2D eigenvalue weighted by atomic mass is 10.0. The maximum Gasteiger partial charge on any atom is 0.168 e. The van der Waals surface area contributed by atoms with Crippen molar-refractivity contribution in [2.75, 3.05) is 7.05 Å². The van der Waals surface area contributed by atoms with Gasteiger partial charge < -0.3 is 0 Å². The summed E-state index contributed by atoms with van der Waals surface area (Å²) in [6.45, 7) is 2.04. The number of benzene rings is 1. The second kappa shape index (κ2) is 5.91. The molecule has 0 aliphatic heterocycles. The SMILES string of the molecule is CC/C=C(\C(C=O)=NC)c1ccccc1. The number of carbonyl (C=O) groups is 1. The van der Waals surface area contributed by atoms with E-state index in [1.807, 2.05) is 43.3 Å². The average molecular weight is 201 g/mol. The lowest BCUT2D eigenvalue weighted by molar-refractivity contribution is -0.102. The smallest absolute Gasteiger partial charge is 0.168 e. The zero-order valence-corrected chi connectivity index (χ0v) is 9.10. The minimum Gasteiger partial charge on any atom is -0.296 e. The lowest BCUT2D eigenvalue weighted by Gasteiger charge is -2.05. The van der Waals surface area contributed by atoms with Crippen molar-refractivity contribution in [1.82, 2.24) is 0 Å². The van der Waals surface area contributed by atoms with E-state index >= 15 is 0 Å². The fourth-order valence-electron chi connectivity index (χ4n) is 1.43. The van der Waals surface area contributed by atoms with E-state index in [0.717, 1.165) is 23.8 Å². The van der Waals surface area contributed by atoms with Gasteiger partial charge in [-0.15, -0.1) is 0 Å². The molecule has 0 saturated heterocycles. The topological polar surface area (TPSA) is 29.4 Å². The molecule has 0 N–H and O–H groups in total. The monoisotopic (exact) mass is 201 g/mol. The second-order valence-corrected chi connectivity index (χ2v) is 3.12. The Morgan fingerprint density at radius 2 is 2.00 bits per heavy atom. The fourth-order valence-corrected chi connectivity index (χ4v) is 1.43. The Balaban J connectivity index is 3.15. The van der Waals surface area contributed by atoms with Gasteiger partial charge in [-0.25, -0.2) is 0 Å². The summed E-state index contributed by atoms with van der Waals surface area (Å²) in [6.07, 6.45) is 3.71. The van der Waals surface area contributed by atoms with Crippen LogP contribution in [0, 0.1) is 0 Å². The van der Waals surface area contributed by atoms with Crippen LogP contribution in [-0.4, -0.2) is 19.0 Å². The van der Waals surface area contributed by atoms with Gasteiger partial charge in [0.05, 0.1) is 0 Å². The van der Waals surface area contributed by atoms with Gasteiger partial charge in [-0.2, -0.15) is 0 Å². The first-order valence-electron chi connectivity index (χ1n) is 5.01. The van der Waals surface area contributed by atoms with Crippen LogP contribution < -0.4 is 0 Å². The second-order valence-electron chi connectivity index (χ2n) is 3.12. The molecule has 0 bridgehead atoms. The average Bonchev–Trinajstić information content (AvgIpc) is 2.30. The molecule has 2 heteroatoms. The first-order valence-corrected chi connectivity index (χ1v) is 5.01. The van der Waals surface area contributed by atoms with Crippen LogP contribution >= 0.6 is 0 Å². The molecular weight excluding hydrogens is 186 g/mol. The molecule has 2 nitrogen and oxygen atoms in total. The first-order chi connectivity index (χ1) is 7.33. The van der Waals surface area contributed by atoms with E-state index in [1.54, 1.807) is 7.05 Å². The van der Waals surface area contributed by atoms with Gasteiger partial charge >= 0.3 is 0 Å². The number of rotatable bonds is 4. The fraction of sp³-hybridized carbons (Fsp3) is 0.231. The van der Waals surface area contributed by atoms with Gasteiger partial charge in [0.1, 0.15) is 5.71 Å². The third-order valence-corrected chi connectivity index (χ3v) is 2.12. The van der Waals surface area contributed by atoms with Crippen molar-refractivity contribution in [1.29, 1.82) is 0 Å². The normalized spacial score (nSPS) is 12.7. The molecule has 0 aliphatic carbocycles. The molecule has 0 spiro atoms. The highest BCUT2D eigenvalue weighted by Gasteiger charge is 2.06. The standard InChI is InChI=1S/C13H15NO/c1-3-7-12(13(10-15)14-2)11-8-5-4-6-9-11/h4-10H,3H2,1-2H3/b12-7-,14-13?. The summed E-state index contributed by atoms with van der Waals surface area (Å²) in [6, 6.07) is 9.83. The summed E-state index contributed by atoms with van der Waals surface area (Å²) in [5.74, 6) is 0. The maximum atomic E-state index is 10.9. The van der Waals surface area contributed by atoms with Gasteiger partial charge in [0.2, 0.25) is 0 Å². The number of aliphatic imine (C=N–C) groups is 1. The number of aldehydes is 1. The molecule has 0 aliphatic rings. The van der Waals surface area contributed by atoms with Crippen molar-refractivity contribution in [3.63, 3.8) is 0 Å². The molecular formula is C13H15NO. The summed E-state index contributed by atoms with van der Waals surface area (Å²) in [5, 5.41) is 0. The minimum absolute atomic E-state index is 0.503. The zero-order chi connectivity index (χ0) is 11.1. The molecule has 1 aromatic carbocycles. The highest BCUT2D eigenvalue weighted by atomic mass is 16.1. The molecule has 1 aromatic rings. The number of nitrogens with zero attached hydrogens (tertiary/aromatic N) is 1. The lowest BCUT2D eigenvalue weighted by Crippen LogP contribution is -2.03. The molecule has 1 rings (SSSR count). The molecule has 0 radical (unpaired) electrons. The summed E-state index contributed by atoms with van der Waals surface area (Å²) < 4.78 is 0. The van der Waals surface area contributed by atoms with Crippen LogP contribution in [0.5, 0.6) is 0 Å². The maximum absolute atomic E-state index is 10.9. The van der Waals surface area contributed by atoms with Crippen LogP contribution in [0.4, 0.5) is 0 Å². The molecule has 0 saturated carbocycles. The van der Waals surface area contributed by atoms with Crippen molar-refractivity contribution in [2.45, 2.75) is 13.3 Å². The van der Waals surface area contributed by atoms with Crippen LogP contribution in [0.2, 0.25) is 0 Å². The Morgan fingerprint density at radius 3 is 2.47 bits per heavy atom. The van der Waals surface area contributed by atoms with Crippen LogP contribution in [-0.2, 0) is 4.79 Å². The molecule has 0 heterocycles. The van der Waals surface area contributed by atoms with Gasteiger partial charge in [-0.3, -0.25) is 9.79 Å². The van der Waals surface area contributed by atoms with Crippen molar-refractivity contribution >= 4 is 17.6 Å². The number of hydrogen-bond donors (Lipinski definition) is 0. The Hall–Kier alpha value is -1.70. The molecule has 15 heavy (non-hydrogen) atoms. The van der Waals surface area contributed by atoms with E-state index in [4.69, 9.17) is 0 Å². The van der Waals surface area contributed by atoms with E-state index in [0.29, 0.717) is 5.71 Å². The van der Waals surface area contributed by atoms with Crippen molar-refractivity contribution in [3.8, 4) is 0 Å². The largest absolute Gasteiger partial charge is 0.296 e. The number of allylic oxidation sites excluding steroid dienone is 2. The van der Waals surface area contributed by atoms with E-state index in [-0.39, 0.29) is 0 Å². The van der Waals surface area contributed by atoms with E-state index in [9.17, 15) is 4.79 Å².